The maximum absolute atomic E-state index is 12.1. The van der Waals surface area contributed by atoms with Crippen LogP contribution in [0.25, 0.3) is 0 Å². The van der Waals surface area contributed by atoms with Crippen molar-refractivity contribution in [3.63, 3.8) is 0 Å². The third-order valence-corrected chi connectivity index (χ3v) is 5.58. The lowest BCUT2D eigenvalue weighted by atomic mass is 10.1. The average Bonchev–Trinajstić information content (AvgIpc) is 2.88. The highest BCUT2D eigenvalue weighted by Gasteiger charge is 2.40. The van der Waals surface area contributed by atoms with E-state index in [9.17, 15) is 35.4 Å². The molecule has 0 bridgehead atoms. The van der Waals surface area contributed by atoms with Crippen LogP contribution in [-0.4, -0.2) is 99.2 Å². The van der Waals surface area contributed by atoms with Gasteiger partial charge in [0.1, 0.15) is 24.4 Å². The van der Waals surface area contributed by atoms with Gasteiger partial charge in [0.05, 0.1) is 19.3 Å². The zero-order valence-corrected chi connectivity index (χ0v) is 20.0. The molecule has 1 fully saturated rings. The highest BCUT2D eigenvalue weighted by molar-refractivity contribution is 5.99. The Balaban J connectivity index is 1.55. The minimum absolute atomic E-state index is 0.265. The van der Waals surface area contributed by atoms with Crippen molar-refractivity contribution in [3.8, 4) is 0 Å². The maximum Gasteiger partial charge on any atom is 0.323 e. The van der Waals surface area contributed by atoms with Crippen molar-refractivity contribution in [3.05, 3.63) is 54.6 Å². The molecule has 1 saturated heterocycles. The smallest absolute Gasteiger partial charge is 0.323 e. The van der Waals surface area contributed by atoms with Gasteiger partial charge in [0, 0.05) is 17.1 Å². The largest absolute Gasteiger partial charge is 0.394 e. The molecule has 2 amide bonds. The molecule has 7 unspecified atom stereocenters. The molecule has 7 atom stereocenters. The second-order valence-electron chi connectivity index (χ2n) is 8.45. The molecule has 0 aliphatic carbocycles. The summed E-state index contributed by atoms with van der Waals surface area (Å²) >= 11 is 0. The van der Waals surface area contributed by atoms with E-state index in [-0.39, 0.29) is 6.61 Å². The fourth-order valence-electron chi connectivity index (χ4n) is 3.50. The number of carbonyl (C=O) groups is 1. The van der Waals surface area contributed by atoms with Crippen molar-refractivity contribution in [1.82, 2.24) is 0 Å². The van der Waals surface area contributed by atoms with Crippen molar-refractivity contribution in [1.29, 1.82) is 0 Å². The Morgan fingerprint density at radius 2 is 1.57 bits per heavy atom. The molecule has 1 heterocycles. The number of nitrogens with one attached hydrogen (secondary N) is 3. The predicted octanol–water partition coefficient (Wildman–Crippen LogP) is -0.399. The molecule has 0 saturated carbocycles. The van der Waals surface area contributed by atoms with Crippen LogP contribution in [0.2, 0.25) is 0 Å². The van der Waals surface area contributed by atoms with Gasteiger partial charge < -0.3 is 60.8 Å². The van der Waals surface area contributed by atoms with Crippen molar-refractivity contribution in [2.45, 2.75) is 56.3 Å². The first kappa shape index (κ1) is 28.7. The van der Waals surface area contributed by atoms with Gasteiger partial charge in [-0.15, -0.1) is 0 Å². The molecule has 2 aromatic carbocycles. The van der Waals surface area contributed by atoms with Gasteiger partial charge in [0.25, 0.3) is 0 Å². The lowest BCUT2D eigenvalue weighted by Crippen LogP contribution is -2.55. The molecule has 0 radical (unpaired) electrons. The first-order valence-corrected chi connectivity index (χ1v) is 11.6. The number of aliphatic hydroxyl groups is 6. The summed E-state index contributed by atoms with van der Waals surface area (Å²) in [5.74, 6) is 0. The summed E-state index contributed by atoms with van der Waals surface area (Å²) in [7, 11) is 0. The van der Waals surface area contributed by atoms with Crippen LogP contribution in [-0.2, 0) is 14.2 Å². The fraction of sp³-hybridized carbons (Fsp3) is 0.458. The van der Waals surface area contributed by atoms with Crippen molar-refractivity contribution in [2.24, 2.45) is 0 Å². The third-order valence-electron chi connectivity index (χ3n) is 5.58. The van der Waals surface area contributed by atoms with Crippen molar-refractivity contribution < 1.29 is 49.6 Å². The quantitative estimate of drug-likeness (QED) is 0.173. The van der Waals surface area contributed by atoms with Crippen molar-refractivity contribution >= 4 is 23.1 Å². The molecule has 0 aromatic heterocycles. The standard InChI is InChI=1S/C24H33N3O10/c1-13(36-23-20(31)19(30)17(29)12-35-23)18(11-28)37-21(22(32)33)25-15-7-9-16(10-8-15)27-24(34)26-14-5-3-2-4-6-14/h2-10,13,17-23,25,28-33H,11-12H2,1H3,(H2,26,27,34). The highest BCUT2D eigenvalue weighted by Crippen LogP contribution is 2.21. The van der Waals surface area contributed by atoms with Crippen LogP contribution in [0, 0.1) is 0 Å². The van der Waals surface area contributed by atoms with Gasteiger partial charge in [0.2, 0.25) is 0 Å². The molecule has 37 heavy (non-hydrogen) atoms. The summed E-state index contributed by atoms with van der Waals surface area (Å²) in [4.78, 5) is 12.1. The highest BCUT2D eigenvalue weighted by atomic mass is 16.7. The van der Waals surface area contributed by atoms with Gasteiger partial charge >= 0.3 is 6.03 Å². The van der Waals surface area contributed by atoms with Crippen molar-refractivity contribution in [2.75, 3.05) is 29.2 Å². The van der Waals surface area contributed by atoms with Crippen LogP contribution < -0.4 is 16.0 Å². The monoisotopic (exact) mass is 523 g/mol. The summed E-state index contributed by atoms with van der Waals surface area (Å²) < 4.78 is 16.3. The van der Waals surface area contributed by atoms with Gasteiger partial charge in [-0.25, -0.2) is 4.79 Å². The second kappa shape index (κ2) is 13.6. The number of hydrogen-bond acceptors (Lipinski definition) is 11. The van der Waals surface area contributed by atoms with E-state index in [2.05, 4.69) is 16.0 Å². The zero-order chi connectivity index (χ0) is 26.9. The first-order valence-electron chi connectivity index (χ1n) is 11.6. The maximum atomic E-state index is 12.1. The molecule has 13 nitrogen and oxygen atoms in total. The summed E-state index contributed by atoms with van der Waals surface area (Å²) in [6.45, 7) is 0.647. The predicted molar refractivity (Wildman–Crippen MR) is 131 cm³/mol. The van der Waals surface area contributed by atoms with Gasteiger partial charge in [-0.05, 0) is 43.3 Å². The number of carbonyl (C=O) groups excluding carboxylic acids is 1. The molecule has 13 heteroatoms. The number of benzene rings is 2. The number of para-hydroxylation sites is 1. The number of hydrogen-bond donors (Lipinski definition) is 9. The minimum atomic E-state index is -2.00. The fourth-order valence-corrected chi connectivity index (χ4v) is 3.50. The Bertz CT molecular complexity index is 965. The Morgan fingerprint density at radius 3 is 2.16 bits per heavy atom. The molecular formula is C24H33N3O10. The normalized spacial score (nSPS) is 24.2. The number of urea groups is 1. The topological polar surface area (TPSA) is 202 Å². The van der Waals surface area contributed by atoms with Crippen LogP contribution in [0.15, 0.2) is 54.6 Å². The molecule has 0 spiro atoms. The molecule has 1 aliphatic rings. The van der Waals surface area contributed by atoms with Crippen LogP contribution in [0.4, 0.5) is 21.9 Å². The van der Waals surface area contributed by atoms with E-state index in [1.165, 1.54) is 6.92 Å². The summed E-state index contributed by atoms with van der Waals surface area (Å²) in [6.07, 6.45) is -11.0. The lowest BCUT2D eigenvalue weighted by molar-refractivity contribution is -0.294. The number of aliphatic hydroxyl groups excluding tert-OH is 5. The Morgan fingerprint density at radius 1 is 0.973 bits per heavy atom. The van der Waals surface area contributed by atoms with E-state index >= 15 is 0 Å². The SMILES string of the molecule is CC(OC1OCC(O)C(O)C1O)C(CO)OC(Nc1ccc(NC(=O)Nc2ccccc2)cc1)C(O)O. The molecule has 2 aromatic rings. The summed E-state index contributed by atoms with van der Waals surface area (Å²) in [5.41, 5.74) is 1.53. The van der Waals surface area contributed by atoms with Crippen LogP contribution in [0.3, 0.4) is 0 Å². The number of ether oxygens (including phenoxy) is 3. The van der Waals surface area contributed by atoms with Crippen LogP contribution in [0.5, 0.6) is 0 Å². The van der Waals surface area contributed by atoms with Gasteiger partial charge in [-0.2, -0.15) is 0 Å². The van der Waals surface area contributed by atoms with E-state index in [0.29, 0.717) is 17.1 Å². The molecule has 1 aliphatic heterocycles. The molecule has 204 valence electrons. The Hall–Kier alpha value is -2.85. The Kier molecular flexibility index (Phi) is 10.6. The van der Waals surface area contributed by atoms with E-state index in [1.807, 2.05) is 6.07 Å². The summed E-state index contributed by atoms with van der Waals surface area (Å²) in [5, 5.41) is 66.9. The third kappa shape index (κ3) is 8.33. The number of anilines is 3. The summed E-state index contributed by atoms with van der Waals surface area (Å²) in [6, 6.07) is 14.8. The van der Waals surface area contributed by atoms with Gasteiger partial charge in [-0.3, -0.25) is 0 Å². The van der Waals surface area contributed by atoms with E-state index < -0.39 is 62.0 Å². The average molecular weight is 524 g/mol. The second-order valence-corrected chi connectivity index (χ2v) is 8.45. The van der Waals surface area contributed by atoms with Crippen LogP contribution >= 0.6 is 0 Å². The van der Waals surface area contributed by atoms with Gasteiger partial charge in [-0.1, -0.05) is 18.2 Å². The number of rotatable bonds is 11. The zero-order valence-electron chi connectivity index (χ0n) is 20.0. The Labute approximate surface area is 213 Å². The minimum Gasteiger partial charge on any atom is -0.394 e. The van der Waals surface area contributed by atoms with E-state index in [1.54, 1.807) is 48.5 Å². The van der Waals surface area contributed by atoms with Gasteiger partial charge in [0.15, 0.2) is 18.8 Å². The number of amides is 2. The lowest BCUT2D eigenvalue weighted by Gasteiger charge is -2.38. The first-order chi connectivity index (χ1) is 17.7. The molecule has 9 N–H and O–H groups in total. The van der Waals surface area contributed by atoms with Crippen LogP contribution in [0.1, 0.15) is 6.92 Å². The molecular weight excluding hydrogens is 490 g/mol. The van der Waals surface area contributed by atoms with E-state index in [4.69, 9.17) is 14.2 Å². The van der Waals surface area contributed by atoms with E-state index in [0.717, 1.165) is 0 Å². The molecule has 3 rings (SSSR count).